The topological polar surface area (TPSA) is 61.5 Å². The van der Waals surface area contributed by atoms with Gasteiger partial charge >= 0.3 is 5.97 Å². The summed E-state index contributed by atoms with van der Waals surface area (Å²) in [6.45, 7) is 6.68. The van der Waals surface area contributed by atoms with Crippen LogP contribution in [0.1, 0.15) is 37.6 Å². The zero-order chi connectivity index (χ0) is 13.8. The molecule has 2 N–H and O–H groups in total. The van der Waals surface area contributed by atoms with Gasteiger partial charge in [-0.05, 0) is 30.0 Å². The smallest absolute Gasteiger partial charge is 0.340 e. The fraction of sp³-hybridized carbons (Fsp3) is 0.500. The molecule has 4 nitrogen and oxygen atoms in total. The molecule has 100 valence electrons. The third-order valence-corrected chi connectivity index (χ3v) is 2.57. The van der Waals surface area contributed by atoms with Crippen molar-refractivity contribution in [3.8, 4) is 5.75 Å². The zero-order valence-corrected chi connectivity index (χ0v) is 11.4. The van der Waals surface area contributed by atoms with Crippen molar-refractivity contribution < 1.29 is 14.3 Å². The molecule has 0 unspecified atom stereocenters. The Kier molecular flexibility index (Phi) is 4.59. The lowest BCUT2D eigenvalue weighted by Gasteiger charge is -2.17. The molecule has 0 amide bonds. The van der Waals surface area contributed by atoms with Gasteiger partial charge in [-0.3, -0.25) is 0 Å². The van der Waals surface area contributed by atoms with Crippen LogP contribution in [0, 0.1) is 5.41 Å². The van der Waals surface area contributed by atoms with Gasteiger partial charge in [-0.1, -0.05) is 20.8 Å². The van der Waals surface area contributed by atoms with Crippen LogP contribution in [-0.4, -0.2) is 19.7 Å². The number of nitrogen functional groups attached to an aromatic ring is 1. The second-order valence-electron chi connectivity index (χ2n) is 5.40. The first-order valence-corrected chi connectivity index (χ1v) is 5.94. The van der Waals surface area contributed by atoms with Crippen molar-refractivity contribution in [3.63, 3.8) is 0 Å². The molecule has 0 atom stereocenters. The van der Waals surface area contributed by atoms with Gasteiger partial charge < -0.3 is 15.2 Å². The maximum Gasteiger partial charge on any atom is 0.340 e. The van der Waals surface area contributed by atoms with Crippen LogP contribution in [0.3, 0.4) is 0 Å². The SMILES string of the molecule is COc1ccc(N)c(C(=O)OCCC(C)(C)C)c1. The molecule has 0 fully saturated rings. The minimum atomic E-state index is -0.407. The summed E-state index contributed by atoms with van der Waals surface area (Å²) in [5, 5.41) is 0. The first kappa shape index (κ1) is 14.4. The Morgan fingerprint density at radius 1 is 1.33 bits per heavy atom. The number of benzene rings is 1. The largest absolute Gasteiger partial charge is 0.497 e. The Hall–Kier alpha value is -1.71. The van der Waals surface area contributed by atoms with Gasteiger partial charge in [-0.25, -0.2) is 4.79 Å². The highest BCUT2D eigenvalue weighted by atomic mass is 16.5. The summed E-state index contributed by atoms with van der Waals surface area (Å²) in [6.07, 6.45) is 0.808. The van der Waals surface area contributed by atoms with Crippen molar-refractivity contribution in [2.45, 2.75) is 27.2 Å². The van der Waals surface area contributed by atoms with Crippen molar-refractivity contribution in [2.75, 3.05) is 19.5 Å². The number of nitrogens with two attached hydrogens (primary N) is 1. The van der Waals surface area contributed by atoms with Gasteiger partial charge in [-0.2, -0.15) is 0 Å². The molecule has 1 aromatic rings. The Morgan fingerprint density at radius 2 is 2.00 bits per heavy atom. The number of methoxy groups -OCH3 is 1. The number of esters is 1. The molecule has 18 heavy (non-hydrogen) atoms. The standard InChI is InChI=1S/C14H21NO3/c1-14(2,3)7-8-18-13(16)11-9-10(17-4)5-6-12(11)15/h5-6,9H,7-8,15H2,1-4H3. The van der Waals surface area contributed by atoms with Crippen molar-refractivity contribution >= 4 is 11.7 Å². The van der Waals surface area contributed by atoms with E-state index in [-0.39, 0.29) is 5.41 Å². The molecule has 1 rings (SSSR count). The van der Waals surface area contributed by atoms with Crippen molar-refractivity contribution in [2.24, 2.45) is 5.41 Å². The molecular formula is C14H21NO3. The molecule has 0 saturated heterocycles. The number of carbonyl (C=O) groups excluding carboxylic acids is 1. The van der Waals surface area contributed by atoms with Crippen LogP contribution >= 0.6 is 0 Å². The van der Waals surface area contributed by atoms with Crippen LogP contribution in [0.2, 0.25) is 0 Å². The molecular weight excluding hydrogens is 230 g/mol. The molecule has 0 aliphatic heterocycles. The Balaban J connectivity index is 2.66. The summed E-state index contributed by atoms with van der Waals surface area (Å²) < 4.78 is 10.3. The average Bonchev–Trinajstić information content (AvgIpc) is 2.27. The summed E-state index contributed by atoms with van der Waals surface area (Å²) >= 11 is 0. The first-order chi connectivity index (χ1) is 8.33. The minimum Gasteiger partial charge on any atom is -0.497 e. The van der Waals surface area contributed by atoms with Gasteiger partial charge in [0.1, 0.15) is 5.75 Å². The molecule has 0 spiro atoms. The van der Waals surface area contributed by atoms with Gasteiger partial charge in [-0.15, -0.1) is 0 Å². The van der Waals surface area contributed by atoms with Crippen molar-refractivity contribution in [1.29, 1.82) is 0 Å². The number of rotatable bonds is 4. The molecule has 1 aromatic carbocycles. The second kappa shape index (κ2) is 5.76. The number of hydrogen-bond acceptors (Lipinski definition) is 4. The molecule has 0 aliphatic rings. The van der Waals surface area contributed by atoms with E-state index in [1.54, 1.807) is 25.3 Å². The minimum absolute atomic E-state index is 0.139. The van der Waals surface area contributed by atoms with Gasteiger partial charge in [0.05, 0.1) is 19.3 Å². The number of hydrogen-bond donors (Lipinski definition) is 1. The maximum atomic E-state index is 11.9. The lowest BCUT2D eigenvalue weighted by Crippen LogP contribution is -2.14. The lowest BCUT2D eigenvalue weighted by atomic mass is 9.93. The van der Waals surface area contributed by atoms with E-state index in [1.165, 1.54) is 0 Å². The number of ether oxygens (including phenoxy) is 2. The van der Waals surface area contributed by atoms with E-state index in [2.05, 4.69) is 20.8 Å². The van der Waals surface area contributed by atoms with Crippen LogP contribution in [0.4, 0.5) is 5.69 Å². The van der Waals surface area contributed by atoms with Gasteiger partial charge in [0, 0.05) is 5.69 Å². The first-order valence-electron chi connectivity index (χ1n) is 5.94. The normalized spacial score (nSPS) is 11.1. The van der Waals surface area contributed by atoms with Crippen molar-refractivity contribution in [3.05, 3.63) is 23.8 Å². The van der Waals surface area contributed by atoms with Crippen LogP contribution in [0.25, 0.3) is 0 Å². The summed E-state index contributed by atoms with van der Waals surface area (Å²) in [5.74, 6) is 0.183. The van der Waals surface area contributed by atoms with E-state index >= 15 is 0 Å². The molecule has 4 heteroatoms. The Bertz CT molecular complexity index is 422. The number of carbonyl (C=O) groups is 1. The second-order valence-corrected chi connectivity index (χ2v) is 5.40. The predicted molar refractivity (Wildman–Crippen MR) is 71.8 cm³/mol. The fourth-order valence-electron chi connectivity index (χ4n) is 1.37. The Labute approximate surface area is 108 Å². The van der Waals surface area contributed by atoms with Gasteiger partial charge in [0.25, 0.3) is 0 Å². The van der Waals surface area contributed by atoms with Crippen LogP contribution < -0.4 is 10.5 Å². The maximum absolute atomic E-state index is 11.9. The zero-order valence-electron chi connectivity index (χ0n) is 11.4. The van der Waals surface area contributed by atoms with E-state index in [4.69, 9.17) is 15.2 Å². The molecule has 0 aromatic heterocycles. The predicted octanol–water partition coefficient (Wildman–Crippen LogP) is 2.87. The van der Waals surface area contributed by atoms with E-state index < -0.39 is 5.97 Å². The van der Waals surface area contributed by atoms with E-state index in [9.17, 15) is 4.79 Å². The Morgan fingerprint density at radius 3 is 2.56 bits per heavy atom. The monoisotopic (exact) mass is 251 g/mol. The summed E-state index contributed by atoms with van der Waals surface area (Å²) in [7, 11) is 1.54. The third-order valence-electron chi connectivity index (χ3n) is 2.57. The van der Waals surface area contributed by atoms with E-state index in [0.29, 0.717) is 23.6 Å². The molecule has 0 bridgehead atoms. The highest BCUT2D eigenvalue weighted by molar-refractivity contribution is 5.95. The molecule has 0 saturated carbocycles. The highest BCUT2D eigenvalue weighted by Crippen LogP contribution is 2.22. The van der Waals surface area contributed by atoms with Crippen molar-refractivity contribution in [1.82, 2.24) is 0 Å². The quantitative estimate of drug-likeness (QED) is 0.660. The summed E-state index contributed by atoms with van der Waals surface area (Å²) in [6, 6.07) is 4.94. The van der Waals surface area contributed by atoms with Crippen LogP contribution in [0.15, 0.2) is 18.2 Å². The van der Waals surface area contributed by atoms with Gasteiger partial charge in [0.15, 0.2) is 0 Å². The molecule has 0 aliphatic carbocycles. The average molecular weight is 251 g/mol. The fourth-order valence-corrected chi connectivity index (χ4v) is 1.37. The van der Waals surface area contributed by atoms with Crippen LogP contribution in [0.5, 0.6) is 5.75 Å². The lowest BCUT2D eigenvalue weighted by molar-refractivity contribution is 0.0465. The summed E-state index contributed by atoms with van der Waals surface area (Å²) in [5.41, 5.74) is 6.64. The van der Waals surface area contributed by atoms with Crippen LogP contribution in [-0.2, 0) is 4.74 Å². The van der Waals surface area contributed by atoms with E-state index in [1.807, 2.05) is 0 Å². The number of anilines is 1. The molecule has 0 radical (unpaired) electrons. The highest BCUT2D eigenvalue weighted by Gasteiger charge is 2.15. The third kappa shape index (κ3) is 4.28. The van der Waals surface area contributed by atoms with E-state index in [0.717, 1.165) is 6.42 Å². The molecule has 0 heterocycles. The summed E-state index contributed by atoms with van der Waals surface area (Å²) in [4.78, 5) is 11.9. The van der Waals surface area contributed by atoms with Gasteiger partial charge in [0.2, 0.25) is 0 Å².